The minimum absolute atomic E-state index is 0.0129. The van der Waals surface area contributed by atoms with Gasteiger partial charge >= 0.3 is 12.1 Å². The van der Waals surface area contributed by atoms with Gasteiger partial charge in [-0.15, -0.1) is 0 Å². The van der Waals surface area contributed by atoms with Crippen LogP contribution < -0.4 is 5.32 Å². The Morgan fingerprint density at radius 2 is 1.91 bits per heavy atom. The van der Waals surface area contributed by atoms with E-state index in [1.165, 1.54) is 12.1 Å². The Morgan fingerprint density at radius 1 is 1.27 bits per heavy atom. The Kier molecular flexibility index (Phi) is 4.59. The summed E-state index contributed by atoms with van der Waals surface area (Å²) in [5, 5.41) is 20.9. The van der Waals surface area contributed by atoms with Gasteiger partial charge in [0, 0.05) is 11.7 Å². The number of hydrogen-bond acceptors (Lipinski definition) is 3. The Labute approximate surface area is 125 Å². The van der Waals surface area contributed by atoms with Crippen LogP contribution >= 0.6 is 0 Å². The number of carbonyl (C=O) groups is 1. The van der Waals surface area contributed by atoms with Crippen LogP contribution in [0, 0.1) is 17.2 Å². The van der Waals surface area contributed by atoms with Gasteiger partial charge in [0.15, 0.2) is 0 Å². The summed E-state index contributed by atoms with van der Waals surface area (Å²) < 4.78 is 38.2. The first-order valence-electron chi connectivity index (χ1n) is 6.92. The van der Waals surface area contributed by atoms with Crippen LogP contribution in [0.1, 0.15) is 36.8 Å². The number of anilines is 1. The van der Waals surface area contributed by atoms with Crippen molar-refractivity contribution in [2.75, 3.05) is 5.32 Å². The second kappa shape index (κ2) is 6.26. The quantitative estimate of drug-likeness (QED) is 0.894. The fraction of sp³-hybridized carbons (Fsp3) is 0.467. The van der Waals surface area contributed by atoms with Gasteiger partial charge in [0.25, 0.3) is 0 Å². The first-order chi connectivity index (χ1) is 10.3. The molecule has 0 bridgehead atoms. The number of benzene rings is 1. The van der Waals surface area contributed by atoms with E-state index in [1.807, 2.05) is 0 Å². The highest BCUT2D eigenvalue weighted by Gasteiger charge is 2.33. The van der Waals surface area contributed by atoms with E-state index in [0.29, 0.717) is 31.4 Å². The van der Waals surface area contributed by atoms with Crippen molar-refractivity contribution in [1.82, 2.24) is 0 Å². The van der Waals surface area contributed by atoms with Crippen molar-refractivity contribution in [3.05, 3.63) is 29.3 Å². The van der Waals surface area contributed by atoms with Gasteiger partial charge in [0.2, 0.25) is 0 Å². The summed E-state index contributed by atoms with van der Waals surface area (Å²) in [6.45, 7) is 0. The fourth-order valence-corrected chi connectivity index (χ4v) is 2.69. The van der Waals surface area contributed by atoms with Crippen LogP contribution in [-0.2, 0) is 11.0 Å². The van der Waals surface area contributed by atoms with Gasteiger partial charge in [-0.3, -0.25) is 4.79 Å². The van der Waals surface area contributed by atoms with Crippen LogP contribution in [0.25, 0.3) is 0 Å². The van der Waals surface area contributed by atoms with Gasteiger partial charge in [-0.25, -0.2) is 0 Å². The number of hydrogen-bond donors (Lipinski definition) is 2. The van der Waals surface area contributed by atoms with Crippen molar-refractivity contribution < 1.29 is 23.1 Å². The lowest BCUT2D eigenvalue weighted by Crippen LogP contribution is -2.29. The number of carboxylic acids is 1. The van der Waals surface area contributed by atoms with Crippen LogP contribution in [0.4, 0.5) is 18.9 Å². The van der Waals surface area contributed by atoms with Crippen molar-refractivity contribution in [2.45, 2.75) is 37.9 Å². The molecule has 22 heavy (non-hydrogen) atoms. The molecule has 2 rings (SSSR count). The first kappa shape index (κ1) is 16.1. The molecule has 0 amide bonds. The summed E-state index contributed by atoms with van der Waals surface area (Å²) in [6.07, 6.45) is -2.19. The molecule has 0 atom stereocenters. The third kappa shape index (κ3) is 3.70. The van der Waals surface area contributed by atoms with Crippen LogP contribution in [0.15, 0.2) is 18.2 Å². The minimum atomic E-state index is -4.55. The maximum atomic E-state index is 12.7. The fourth-order valence-electron chi connectivity index (χ4n) is 2.69. The third-order valence-corrected chi connectivity index (χ3v) is 3.89. The molecule has 0 aromatic heterocycles. The highest BCUT2D eigenvalue weighted by Crippen LogP contribution is 2.34. The Balaban J connectivity index is 2.06. The van der Waals surface area contributed by atoms with E-state index in [9.17, 15) is 18.0 Å². The van der Waals surface area contributed by atoms with E-state index in [4.69, 9.17) is 10.4 Å². The van der Waals surface area contributed by atoms with Crippen molar-refractivity contribution in [2.24, 2.45) is 5.92 Å². The highest BCUT2D eigenvalue weighted by atomic mass is 19.4. The third-order valence-electron chi connectivity index (χ3n) is 3.89. The Morgan fingerprint density at radius 3 is 2.41 bits per heavy atom. The largest absolute Gasteiger partial charge is 0.481 e. The smallest absolute Gasteiger partial charge is 0.417 e. The average Bonchev–Trinajstić information content (AvgIpc) is 2.46. The summed E-state index contributed by atoms with van der Waals surface area (Å²) in [6, 6.07) is 4.95. The first-order valence-corrected chi connectivity index (χ1v) is 6.92. The van der Waals surface area contributed by atoms with Gasteiger partial charge in [-0.1, -0.05) is 0 Å². The average molecular weight is 312 g/mol. The standard InChI is InChI=1S/C15H15F3N2O2/c16-15(17,18)13-6-5-12(7-10(13)8-19)20-11-3-1-9(2-4-11)14(21)22/h5-7,9,11,20H,1-4H2,(H,21,22). The number of aliphatic carboxylic acids is 1. The maximum absolute atomic E-state index is 12.7. The van der Waals surface area contributed by atoms with Crippen molar-refractivity contribution in [1.29, 1.82) is 5.26 Å². The molecule has 4 nitrogen and oxygen atoms in total. The zero-order valence-corrected chi connectivity index (χ0v) is 11.7. The molecule has 7 heteroatoms. The summed E-state index contributed by atoms with van der Waals surface area (Å²) in [5.74, 6) is -1.15. The number of carboxylic acid groups (broad SMARTS) is 1. The molecule has 1 aromatic rings. The lowest BCUT2D eigenvalue weighted by atomic mass is 9.86. The van der Waals surface area contributed by atoms with Gasteiger partial charge in [0.05, 0.1) is 23.1 Å². The van der Waals surface area contributed by atoms with E-state index in [1.54, 1.807) is 6.07 Å². The molecule has 1 fully saturated rings. The molecule has 0 aliphatic heterocycles. The molecule has 1 saturated carbocycles. The molecule has 118 valence electrons. The van der Waals surface area contributed by atoms with Crippen LogP contribution in [0.5, 0.6) is 0 Å². The van der Waals surface area contributed by atoms with E-state index in [0.717, 1.165) is 6.07 Å². The van der Waals surface area contributed by atoms with E-state index < -0.39 is 23.3 Å². The molecule has 0 heterocycles. The molecule has 0 saturated heterocycles. The predicted molar refractivity (Wildman–Crippen MR) is 73.2 cm³/mol. The number of nitrogens with one attached hydrogen (secondary N) is 1. The lowest BCUT2D eigenvalue weighted by molar-refractivity contribution is -0.142. The number of rotatable bonds is 3. The zero-order chi connectivity index (χ0) is 16.3. The number of alkyl halides is 3. The van der Waals surface area contributed by atoms with Gasteiger partial charge in [-0.2, -0.15) is 18.4 Å². The van der Waals surface area contributed by atoms with Gasteiger partial charge in [-0.05, 0) is 43.9 Å². The van der Waals surface area contributed by atoms with Crippen LogP contribution in [-0.4, -0.2) is 17.1 Å². The van der Waals surface area contributed by atoms with E-state index >= 15 is 0 Å². The van der Waals surface area contributed by atoms with E-state index in [-0.39, 0.29) is 12.0 Å². The van der Waals surface area contributed by atoms with Gasteiger partial charge in [0.1, 0.15) is 0 Å². The molecular formula is C15H15F3N2O2. The molecule has 0 spiro atoms. The summed E-state index contributed by atoms with van der Waals surface area (Å²) in [5.41, 5.74) is -0.921. The molecule has 0 unspecified atom stereocenters. The topological polar surface area (TPSA) is 73.1 Å². The predicted octanol–water partition coefficient (Wildman–Crippen LogP) is 3.63. The summed E-state index contributed by atoms with van der Waals surface area (Å²) in [7, 11) is 0. The van der Waals surface area contributed by atoms with Crippen LogP contribution in [0.3, 0.4) is 0 Å². The van der Waals surface area contributed by atoms with E-state index in [2.05, 4.69) is 5.32 Å². The summed E-state index contributed by atoms with van der Waals surface area (Å²) >= 11 is 0. The lowest BCUT2D eigenvalue weighted by Gasteiger charge is -2.27. The number of nitriles is 1. The molecule has 2 N–H and O–H groups in total. The van der Waals surface area contributed by atoms with Crippen LogP contribution in [0.2, 0.25) is 0 Å². The molecule has 0 radical (unpaired) electrons. The SMILES string of the molecule is N#Cc1cc(NC2CCC(C(=O)O)CC2)ccc1C(F)(F)F. The minimum Gasteiger partial charge on any atom is -0.481 e. The van der Waals surface area contributed by atoms with Crippen molar-refractivity contribution in [3.8, 4) is 6.07 Å². The molecule has 1 aromatic carbocycles. The maximum Gasteiger partial charge on any atom is 0.417 e. The zero-order valence-electron chi connectivity index (χ0n) is 11.7. The number of halogens is 3. The van der Waals surface area contributed by atoms with Crippen molar-refractivity contribution >= 4 is 11.7 Å². The molecular weight excluding hydrogens is 297 g/mol. The summed E-state index contributed by atoms with van der Waals surface area (Å²) in [4.78, 5) is 10.9. The molecule has 1 aliphatic rings. The second-order valence-corrected chi connectivity index (χ2v) is 5.40. The van der Waals surface area contributed by atoms with Gasteiger partial charge < -0.3 is 10.4 Å². The highest BCUT2D eigenvalue weighted by molar-refractivity contribution is 5.70. The Hall–Kier alpha value is -2.23. The van der Waals surface area contributed by atoms with Crippen molar-refractivity contribution in [3.63, 3.8) is 0 Å². The Bertz CT molecular complexity index is 600. The normalized spacial score (nSPS) is 21.9. The number of nitrogens with zero attached hydrogens (tertiary/aromatic N) is 1. The monoisotopic (exact) mass is 312 g/mol. The molecule has 1 aliphatic carbocycles. The second-order valence-electron chi connectivity index (χ2n) is 5.40.